The van der Waals surface area contributed by atoms with E-state index in [9.17, 15) is 0 Å². The summed E-state index contributed by atoms with van der Waals surface area (Å²) in [7, 11) is 1.96. The van der Waals surface area contributed by atoms with Gasteiger partial charge < -0.3 is 4.57 Å². The third kappa shape index (κ3) is 2.04. The van der Waals surface area contributed by atoms with E-state index in [1.165, 1.54) is 18.5 Å². The molecule has 1 aliphatic carbocycles. The van der Waals surface area contributed by atoms with Gasteiger partial charge in [0, 0.05) is 37.8 Å². The minimum Gasteiger partial charge on any atom is -0.304 e. The molecule has 0 atom stereocenters. The molecule has 0 unspecified atom stereocenters. The van der Waals surface area contributed by atoms with Crippen molar-refractivity contribution in [2.24, 2.45) is 7.05 Å². The molecule has 0 aromatic carbocycles. The van der Waals surface area contributed by atoms with E-state index in [-0.39, 0.29) is 0 Å². The van der Waals surface area contributed by atoms with Crippen LogP contribution in [0.3, 0.4) is 0 Å². The molecule has 17 heavy (non-hydrogen) atoms. The lowest BCUT2D eigenvalue weighted by Crippen LogP contribution is -2.08. The predicted octanol–water partition coefficient (Wildman–Crippen LogP) is 1.79. The van der Waals surface area contributed by atoms with Crippen LogP contribution in [0.25, 0.3) is 0 Å². The lowest BCUT2D eigenvalue weighted by atomic mass is 10.3. The van der Waals surface area contributed by atoms with Gasteiger partial charge in [-0.3, -0.25) is 9.78 Å². The van der Waals surface area contributed by atoms with Crippen LogP contribution in [0, 0.1) is 4.77 Å². The molecule has 0 saturated heterocycles. The standard InChI is InChI=1S/C11H15N5S/c1-15-9(4-6-12-15)5-7-16-10(8-2-3-8)13-14-11(16)17/h4,6,8H,2-3,5,7H2,1H3,(H,14,17). The minimum absolute atomic E-state index is 0.620. The number of hydrogen-bond donors (Lipinski definition) is 1. The zero-order valence-electron chi connectivity index (χ0n) is 9.76. The maximum absolute atomic E-state index is 5.27. The molecule has 0 spiro atoms. The first-order valence-corrected chi connectivity index (χ1v) is 6.28. The number of aromatic amines is 1. The predicted molar refractivity (Wildman–Crippen MR) is 66.3 cm³/mol. The minimum atomic E-state index is 0.620. The molecule has 6 heteroatoms. The molecule has 1 fully saturated rings. The number of aromatic nitrogens is 5. The third-order valence-electron chi connectivity index (χ3n) is 3.24. The fraction of sp³-hybridized carbons (Fsp3) is 0.545. The van der Waals surface area contributed by atoms with Crippen LogP contribution in [-0.4, -0.2) is 24.5 Å². The van der Waals surface area contributed by atoms with E-state index in [0.29, 0.717) is 5.92 Å². The van der Waals surface area contributed by atoms with Gasteiger partial charge in [0.25, 0.3) is 0 Å². The van der Waals surface area contributed by atoms with E-state index in [0.717, 1.165) is 23.6 Å². The second-order valence-corrected chi connectivity index (χ2v) is 4.90. The summed E-state index contributed by atoms with van der Waals surface area (Å²) in [6.07, 6.45) is 5.24. The summed E-state index contributed by atoms with van der Waals surface area (Å²) < 4.78 is 4.76. The highest BCUT2D eigenvalue weighted by atomic mass is 32.1. The van der Waals surface area contributed by atoms with E-state index in [1.54, 1.807) is 0 Å². The second-order valence-electron chi connectivity index (χ2n) is 4.51. The first kappa shape index (κ1) is 10.7. The van der Waals surface area contributed by atoms with E-state index in [1.807, 2.05) is 24.0 Å². The van der Waals surface area contributed by atoms with Gasteiger partial charge in [-0.05, 0) is 31.1 Å². The smallest absolute Gasteiger partial charge is 0.195 e. The number of nitrogens with one attached hydrogen (secondary N) is 1. The molecule has 0 radical (unpaired) electrons. The van der Waals surface area contributed by atoms with Crippen LogP contribution in [0.4, 0.5) is 0 Å². The zero-order valence-corrected chi connectivity index (χ0v) is 10.6. The van der Waals surface area contributed by atoms with Crippen molar-refractivity contribution < 1.29 is 0 Å². The van der Waals surface area contributed by atoms with Gasteiger partial charge in [0.05, 0.1) is 0 Å². The topological polar surface area (TPSA) is 51.4 Å². The zero-order chi connectivity index (χ0) is 11.8. The van der Waals surface area contributed by atoms with Crippen LogP contribution in [0.1, 0.15) is 30.3 Å². The summed E-state index contributed by atoms with van der Waals surface area (Å²) in [5, 5.41) is 11.4. The lowest BCUT2D eigenvalue weighted by Gasteiger charge is -2.06. The average Bonchev–Trinajstić information content (AvgIpc) is 2.98. The molecule has 1 N–H and O–H groups in total. The summed E-state index contributed by atoms with van der Waals surface area (Å²) in [5.41, 5.74) is 1.22. The summed E-state index contributed by atoms with van der Waals surface area (Å²) in [6, 6.07) is 2.04. The second kappa shape index (κ2) is 4.10. The van der Waals surface area contributed by atoms with Crippen LogP contribution in [0.5, 0.6) is 0 Å². The van der Waals surface area contributed by atoms with E-state index in [2.05, 4.69) is 19.9 Å². The van der Waals surface area contributed by atoms with E-state index < -0.39 is 0 Å². The van der Waals surface area contributed by atoms with Gasteiger partial charge >= 0.3 is 0 Å². The number of aryl methyl sites for hydroxylation is 2. The normalized spacial score (nSPS) is 15.4. The van der Waals surface area contributed by atoms with Crippen LogP contribution in [0.15, 0.2) is 12.3 Å². The summed E-state index contributed by atoms with van der Waals surface area (Å²) in [6.45, 7) is 0.876. The van der Waals surface area contributed by atoms with Gasteiger partial charge in [0.15, 0.2) is 4.77 Å². The highest BCUT2D eigenvalue weighted by molar-refractivity contribution is 7.71. The Bertz CT molecular complexity index is 575. The van der Waals surface area contributed by atoms with Crippen molar-refractivity contribution >= 4 is 12.2 Å². The van der Waals surface area contributed by atoms with Gasteiger partial charge in [-0.2, -0.15) is 10.2 Å². The van der Waals surface area contributed by atoms with Crippen LogP contribution >= 0.6 is 12.2 Å². The molecule has 3 rings (SSSR count). The summed E-state index contributed by atoms with van der Waals surface area (Å²) in [4.78, 5) is 0. The molecule has 1 saturated carbocycles. The Hall–Kier alpha value is -1.43. The van der Waals surface area contributed by atoms with Crippen molar-refractivity contribution in [1.82, 2.24) is 24.5 Å². The highest BCUT2D eigenvalue weighted by Crippen LogP contribution is 2.38. The maximum atomic E-state index is 5.27. The quantitative estimate of drug-likeness (QED) is 0.841. The van der Waals surface area contributed by atoms with Gasteiger partial charge in [-0.25, -0.2) is 0 Å². The Morgan fingerprint density at radius 3 is 3.00 bits per heavy atom. The average molecular weight is 249 g/mol. The van der Waals surface area contributed by atoms with Crippen LogP contribution in [0.2, 0.25) is 0 Å². The molecule has 0 aliphatic heterocycles. The largest absolute Gasteiger partial charge is 0.304 e. The monoisotopic (exact) mass is 249 g/mol. The fourth-order valence-electron chi connectivity index (χ4n) is 2.07. The van der Waals surface area contributed by atoms with Crippen LogP contribution < -0.4 is 0 Å². The highest BCUT2D eigenvalue weighted by Gasteiger charge is 2.28. The Labute approximate surface area is 104 Å². The lowest BCUT2D eigenvalue weighted by molar-refractivity contribution is 0.609. The van der Waals surface area contributed by atoms with Crippen molar-refractivity contribution in [2.75, 3.05) is 0 Å². The van der Waals surface area contributed by atoms with Gasteiger partial charge in [0.2, 0.25) is 0 Å². The first-order chi connectivity index (χ1) is 8.25. The van der Waals surface area contributed by atoms with Crippen molar-refractivity contribution in [3.63, 3.8) is 0 Å². The number of hydrogen-bond acceptors (Lipinski definition) is 3. The molecule has 90 valence electrons. The Morgan fingerprint density at radius 1 is 1.53 bits per heavy atom. The van der Waals surface area contributed by atoms with Gasteiger partial charge in [0.1, 0.15) is 5.82 Å². The van der Waals surface area contributed by atoms with Crippen molar-refractivity contribution in [3.8, 4) is 0 Å². The molecular weight excluding hydrogens is 234 g/mol. The van der Waals surface area contributed by atoms with E-state index in [4.69, 9.17) is 12.2 Å². The van der Waals surface area contributed by atoms with Crippen molar-refractivity contribution in [3.05, 3.63) is 28.6 Å². The molecule has 0 bridgehead atoms. The van der Waals surface area contributed by atoms with Crippen LogP contribution in [-0.2, 0) is 20.0 Å². The molecule has 1 aliphatic rings. The Morgan fingerprint density at radius 2 is 2.35 bits per heavy atom. The molecular formula is C11H15N5S. The molecule has 2 aromatic heterocycles. The Balaban J connectivity index is 1.79. The first-order valence-electron chi connectivity index (χ1n) is 5.87. The van der Waals surface area contributed by atoms with Crippen molar-refractivity contribution in [2.45, 2.75) is 31.7 Å². The van der Waals surface area contributed by atoms with Crippen molar-refractivity contribution in [1.29, 1.82) is 0 Å². The molecule has 0 amide bonds. The number of H-pyrrole nitrogens is 1. The maximum Gasteiger partial charge on any atom is 0.195 e. The van der Waals surface area contributed by atoms with Gasteiger partial charge in [-0.15, -0.1) is 0 Å². The molecule has 2 aromatic rings. The van der Waals surface area contributed by atoms with E-state index >= 15 is 0 Å². The number of nitrogens with zero attached hydrogens (tertiary/aromatic N) is 4. The fourth-order valence-corrected chi connectivity index (χ4v) is 2.30. The Kier molecular flexibility index (Phi) is 2.58. The summed E-state index contributed by atoms with van der Waals surface area (Å²) in [5.74, 6) is 1.74. The molecule has 2 heterocycles. The van der Waals surface area contributed by atoms with Gasteiger partial charge in [-0.1, -0.05) is 0 Å². The number of rotatable bonds is 4. The summed E-state index contributed by atoms with van der Waals surface area (Å²) >= 11 is 5.27. The molecule has 5 nitrogen and oxygen atoms in total. The SMILES string of the molecule is Cn1nccc1CCn1c(C2CC2)n[nH]c1=S. The third-order valence-corrected chi connectivity index (χ3v) is 3.56.